The molecule has 1 aromatic carbocycles. The van der Waals surface area contributed by atoms with Crippen LogP contribution in [0.2, 0.25) is 0 Å². The second kappa shape index (κ2) is 6.99. The molecular formula is C17H18N4O3. The molecule has 3 aromatic rings. The summed E-state index contributed by atoms with van der Waals surface area (Å²) in [5, 5.41) is 10.6. The maximum atomic E-state index is 12.2. The zero-order valence-corrected chi connectivity index (χ0v) is 13.5. The Morgan fingerprint density at radius 2 is 2.04 bits per heavy atom. The predicted molar refractivity (Wildman–Crippen MR) is 88.7 cm³/mol. The average molecular weight is 326 g/mol. The monoisotopic (exact) mass is 326 g/mol. The second-order valence-corrected chi connectivity index (χ2v) is 5.15. The Hall–Kier alpha value is -3.09. The summed E-state index contributed by atoms with van der Waals surface area (Å²) in [4.78, 5) is 12.2. The van der Waals surface area contributed by atoms with E-state index in [1.54, 1.807) is 29.8 Å². The second-order valence-electron chi connectivity index (χ2n) is 5.15. The summed E-state index contributed by atoms with van der Waals surface area (Å²) in [6.45, 7) is 4.41. The molecule has 7 nitrogen and oxygen atoms in total. The number of rotatable bonds is 6. The van der Waals surface area contributed by atoms with Gasteiger partial charge in [-0.25, -0.2) is 0 Å². The van der Waals surface area contributed by atoms with E-state index in [0.717, 1.165) is 5.75 Å². The van der Waals surface area contributed by atoms with E-state index in [9.17, 15) is 4.79 Å². The van der Waals surface area contributed by atoms with Gasteiger partial charge in [-0.3, -0.25) is 4.79 Å². The van der Waals surface area contributed by atoms with E-state index in [1.807, 2.05) is 31.2 Å². The molecule has 3 rings (SSSR count). The van der Waals surface area contributed by atoms with Crippen LogP contribution < -0.4 is 10.1 Å². The van der Waals surface area contributed by atoms with Crippen molar-refractivity contribution in [3.8, 4) is 17.3 Å². The van der Waals surface area contributed by atoms with Crippen molar-refractivity contribution in [2.45, 2.75) is 20.4 Å². The normalized spacial score (nSPS) is 10.6. The number of carbonyl (C=O) groups is 1. The molecule has 0 fully saturated rings. The van der Waals surface area contributed by atoms with Gasteiger partial charge in [0.15, 0.2) is 0 Å². The van der Waals surface area contributed by atoms with Crippen LogP contribution in [0.4, 0.5) is 5.69 Å². The molecule has 0 bridgehead atoms. The number of anilines is 1. The van der Waals surface area contributed by atoms with E-state index in [4.69, 9.17) is 9.15 Å². The highest BCUT2D eigenvalue weighted by Gasteiger charge is 2.13. The Kier molecular flexibility index (Phi) is 4.60. The Bertz CT molecular complexity index is 820. The molecule has 0 aliphatic heterocycles. The summed E-state index contributed by atoms with van der Waals surface area (Å²) in [5.41, 5.74) is 1.42. The van der Waals surface area contributed by atoms with E-state index in [-0.39, 0.29) is 12.5 Å². The zero-order valence-electron chi connectivity index (χ0n) is 13.5. The third kappa shape index (κ3) is 3.62. The summed E-state index contributed by atoms with van der Waals surface area (Å²) in [5.74, 6) is 1.51. The van der Waals surface area contributed by atoms with Gasteiger partial charge < -0.3 is 19.0 Å². The van der Waals surface area contributed by atoms with Crippen molar-refractivity contribution >= 4 is 11.6 Å². The number of carbonyl (C=O) groups excluding carboxylic acids is 1. The lowest BCUT2D eigenvalue weighted by Crippen LogP contribution is -2.18. The summed E-state index contributed by atoms with van der Waals surface area (Å²) in [6, 6.07) is 10.9. The molecular weight excluding hydrogens is 308 g/mol. The number of ether oxygens (including phenoxy) is 1. The number of hydrogen-bond donors (Lipinski definition) is 1. The molecule has 2 aromatic heterocycles. The van der Waals surface area contributed by atoms with Crippen molar-refractivity contribution in [1.82, 2.24) is 14.8 Å². The highest BCUT2D eigenvalue weighted by molar-refractivity contribution is 5.90. The summed E-state index contributed by atoms with van der Waals surface area (Å²) in [6.07, 6.45) is 1.80. The maximum Gasteiger partial charge on any atom is 0.264 e. The van der Waals surface area contributed by atoms with Gasteiger partial charge in [-0.2, -0.15) is 0 Å². The van der Waals surface area contributed by atoms with Crippen LogP contribution in [0.5, 0.6) is 5.75 Å². The first-order valence-electron chi connectivity index (χ1n) is 7.64. The number of nitrogens with one attached hydrogen (secondary N) is 1. The molecule has 0 radical (unpaired) electrons. The molecule has 0 saturated heterocycles. The van der Waals surface area contributed by atoms with Gasteiger partial charge in [0.25, 0.3) is 5.89 Å². The number of aromatic nitrogens is 3. The van der Waals surface area contributed by atoms with E-state index in [2.05, 4.69) is 15.5 Å². The van der Waals surface area contributed by atoms with Crippen LogP contribution in [0.1, 0.15) is 12.8 Å². The van der Waals surface area contributed by atoms with Gasteiger partial charge in [-0.05, 0) is 43.3 Å². The lowest BCUT2D eigenvalue weighted by atomic mass is 10.3. The minimum atomic E-state index is -0.146. The van der Waals surface area contributed by atoms with Crippen LogP contribution in [0.15, 0.2) is 47.0 Å². The third-order valence-corrected chi connectivity index (χ3v) is 3.34. The minimum absolute atomic E-state index is 0.146. The van der Waals surface area contributed by atoms with Crippen LogP contribution in [0, 0.1) is 6.92 Å². The fraction of sp³-hybridized carbons (Fsp3) is 0.235. The van der Waals surface area contributed by atoms with Crippen molar-refractivity contribution in [3.05, 3.63) is 48.5 Å². The van der Waals surface area contributed by atoms with Crippen molar-refractivity contribution in [3.63, 3.8) is 0 Å². The van der Waals surface area contributed by atoms with Crippen molar-refractivity contribution in [2.24, 2.45) is 0 Å². The number of amides is 1. The van der Waals surface area contributed by atoms with Gasteiger partial charge in [0.2, 0.25) is 11.8 Å². The van der Waals surface area contributed by atoms with Gasteiger partial charge in [-0.15, -0.1) is 10.2 Å². The van der Waals surface area contributed by atoms with E-state index in [0.29, 0.717) is 29.8 Å². The Morgan fingerprint density at radius 1 is 1.25 bits per heavy atom. The Balaban J connectivity index is 1.66. The fourth-order valence-corrected chi connectivity index (χ4v) is 2.30. The highest BCUT2D eigenvalue weighted by atomic mass is 16.5. The Labute approximate surface area is 139 Å². The average Bonchev–Trinajstić information content (AvgIpc) is 3.18. The predicted octanol–water partition coefficient (Wildman–Crippen LogP) is 2.88. The topological polar surface area (TPSA) is 82.2 Å². The lowest BCUT2D eigenvalue weighted by molar-refractivity contribution is -0.116. The van der Waals surface area contributed by atoms with Gasteiger partial charge >= 0.3 is 0 Å². The van der Waals surface area contributed by atoms with Crippen LogP contribution in [-0.2, 0) is 11.3 Å². The third-order valence-electron chi connectivity index (χ3n) is 3.34. The minimum Gasteiger partial charge on any atom is -0.494 e. The summed E-state index contributed by atoms with van der Waals surface area (Å²) < 4.78 is 12.6. The zero-order chi connectivity index (χ0) is 16.9. The SMILES string of the molecule is CCOc1ccc(NC(=O)Cn2cccc2-c2nnc(C)o2)cc1. The van der Waals surface area contributed by atoms with E-state index < -0.39 is 0 Å². The quantitative estimate of drug-likeness (QED) is 0.753. The molecule has 2 heterocycles. The van der Waals surface area contributed by atoms with Crippen molar-refractivity contribution < 1.29 is 13.9 Å². The molecule has 0 aliphatic carbocycles. The molecule has 7 heteroatoms. The molecule has 0 unspecified atom stereocenters. The summed E-state index contributed by atoms with van der Waals surface area (Å²) in [7, 11) is 0. The fourth-order valence-electron chi connectivity index (χ4n) is 2.30. The van der Waals surface area contributed by atoms with Gasteiger partial charge in [0.1, 0.15) is 18.0 Å². The maximum absolute atomic E-state index is 12.2. The number of hydrogen-bond acceptors (Lipinski definition) is 5. The molecule has 24 heavy (non-hydrogen) atoms. The molecule has 124 valence electrons. The van der Waals surface area contributed by atoms with Gasteiger partial charge in [-0.1, -0.05) is 0 Å². The van der Waals surface area contributed by atoms with Crippen LogP contribution in [-0.4, -0.2) is 27.3 Å². The number of benzene rings is 1. The van der Waals surface area contributed by atoms with E-state index >= 15 is 0 Å². The smallest absolute Gasteiger partial charge is 0.264 e. The molecule has 0 saturated carbocycles. The Morgan fingerprint density at radius 3 is 2.71 bits per heavy atom. The van der Waals surface area contributed by atoms with Crippen LogP contribution >= 0.6 is 0 Å². The molecule has 0 spiro atoms. The lowest BCUT2D eigenvalue weighted by Gasteiger charge is -2.09. The van der Waals surface area contributed by atoms with E-state index in [1.165, 1.54) is 0 Å². The van der Waals surface area contributed by atoms with Gasteiger partial charge in [0, 0.05) is 18.8 Å². The standard InChI is InChI=1S/C17H18N4O3/c1-3-23-14-8-6-13(7-9-14)18-16(22)11-21-10-4-5-15(21)17-20-19-12(2)24-17/h4-10H,3,11H2,1-2H3,(H,18,22). The first kappa shape index (κ1) is 15.8. The molecule has 0 atom stereocenters. The van der Waals surface area contributed by atoms with Crippen LogP contribution in [0.25, 0.3) is 11.6 Å². The van der Waals surface area contributed by atoms with Crippen molar-refractivity contribution in [2.75, 3.05) is 11.9 Å². The molecule has 0 aliphatic rings. The van der Waals surface area contributed by atoms with Crippen molar-refractivity contribution in [1.29, 1.82) is 0 Å². The highest BCUT2D eigenvalue weighted by Crippen LogP contribution is 2.19. The molecule has 1 amide bonds. The van der Waals surface area contributed by atoms with Gasteiger partial charge in [0.05, 0.1) is 6.61 Å². The largest absolute Gasteiger partial charge is 0.494 e. The first-order chi connectivity index (χ1) is 11.7. The number of nitrogens with zero attached hydrogens (tertiary/aromatic N) is 3. The first-order valence-corrected chi connectivity index (χ1v) is 7.64. The molecule has 1 N–H and O–H groups in total. The number of aryl methyl sites for hydroxylation is 1. The van der Waals surface area contributed by atoms with Crippen LogP contribution in [0.3, 0.4) is 0 Å². The summed E-state index contributed by atoms with van der Waals surface area (Å²) >= 11 is 0.